The van der Waals surface area contributed by atoms with E-state index in [1.54, 1.807) is 50.2 Å². The molecule has 0 radical (unpaired) electrons. The van der Waals surface area contributed by atoms with Crippen molar-refractivity contribution in [3.8, 4) is 5.75 Å². The van der Waals surface area contributed by atoms with Crippen LogP contribution < -0.4 is 15.4 Å². The van der Waals surface area contributed by atoms with E-state index < -0.39 is 32.5 Å². The number of benzene rings is 3. The number of halogens is 3. The summed E-state index contributed by atoms with van der Waals surface area (Å²) in [5, 5.41) is 6.87. The number of fused-ring (bicyclic) bond motifs is 1. The lowest BCUT2D eigenvalue weighted by Gasteiger charge is -2.36. The summed E-state index contributed by atoms with van der Waals surface area (Å²) in [5.74, 6) is -0.0458. The number of rotatable bonds is 12. The highest BCUT2D eigenvalue weighted by atomic mass is 35.5. The number of sulfone groups is 1. The summed E-state index contributed by atoms with van der Waals surface area (Å²) in [4.78, 5) is 8.66. The van der Waals surface area contributed by atoms with Crippen molar-refractivity contribution in [3.63, 3.8) is 0 Å². The molecular formula is C32H33ClF2N4O4S. The summed E-state index contributed by atoms with van der Waals surface area (Å²) in [5.41, 5.74) is 0.835. The quantitative estimate of drug-likeness (QED) is 0.174. The first-order valence-corrected chi connectivity index (χ1v) is 16.2. The minimum Gasteiger partial charge on any atom is -0.488 e. The van der Waals surface area contributed by atoms with Gasteiger partial charge in [-0.3, -0.25) is 0 Å². The Morgan fingerprint density at radius 1 is 1.09 bits per heavy atom. The molecule has 1 aromatic heterocycles. The molecule has 2 heterocycles. The Bertz CT molecular complexity index is 1790. The summed E-state index contributed by atoms with van der Waals surface area (Å²) in [6.45, 7) is 5.48. The molecule has 3 aromatic carbocycles. The molecule has 0 saturated carbocycles. The van der Waals surface area contributed by atoms with E-state index in [0.717, 1.165) is 0 Å². The van der Waals surface area contributed by atoms with Gasteiger partial charge in [-0.25, -0.2) is 27.2 Å². The van der Waals surface area contributed by atoms with Gasteiger partial charge >= 0.3 is 0 Å². The highest BCUT2D eigenvalue weighted by molar-refractivity contribution is 7.92. The molecule has 44 heavy (non-hydrogen) atoms. The SMILES string of the molecule is CC(NCCS(=O)(=O)C(C)C)C1(c2cc3c(Nc4ccc(OCc5cccc(F)c5)c(Cl)c4)ncnc3cc2F)CC=CO1. The van der Waals surface area contributed by atoms with Crippen molar-refractivity contribution in [2.24, 2.45) is 0 Å². The average molecular weight is 643 g/mol. The summed E-state index contributed by atoms with van der Waals surface area (Å²) in [7, 11) is -3.25. The van der Waals surface area contributed by atoms with E-state index in [0.29, 0.717) is 50.7 Å². The van der Waals surface area contributed by atoms with Gasteiger partial charge in [0, 0.05) is 41.7 Å². The minimum atomic E-state index is -3.25. The molecule has 8 nitrogen and oxygen atoms in total. The second-order valence-corrected chi connectivity index (χ2v) is 14.0. The van der Waals surface area contributed by atoms with E-state index in [4.69, 9.17) is 21.1 Å². The van der Waals surface area contributed by atoms with E-state index in [9.17, 15) is 12.8 Å². The number of hydrogen-bond acceptors (Lipinski definition) is 8. The Morgan fingerprint density at radius 3 is 2.61 bits per heavy atom. The van der Waals surface area contributed by atoms with E-state index in [2.05, 4.69) is 20.6 Å². The molecule has 0 aliphatic carbocycles. The van der Waals surface area contributed by atoms with Crippen LogP contribution in [-0.4, -0.2) is 42.0 Å². The fraction of sp³-hybridized carbons (Fsp3) is 0.312. The van der Waals surface area contributed by atoms with Crippen molar-refractivity contribution in [2.45, 2.75) is 50.7 Å². The fourth-order valence-electron chi connectivity index (χ4n) is 5.07. The smallest absolute Gasteiger partial charge is 0.154 e. The Balaban J connectivity index is 1.39. The molecule has 1 aliphatic heterocycles. The van der Waals surface area contributed by atoms with Gasteiger partial charge < -0.3 is 20.1 Å². The maximum Gasteiger partial charge on any atom is 0.154 e. The van der Waals surface area contributed by atoms with Gasteiger partial charge in [-0.1, -0.05) is 23.7 Å². The zero-order valence-electron chi connectivity index (χ0n) is 24.5. The molecule has 0 spiro atoms. The fourth-order valence-corrected chi connectivity index (χ4v) is 6.18. The zero-order chi connectivity index (χ0) is 31.5. The molecule has 0 bridgehead atoms. The summed E-state index contributed by atoms with van der Waals surface area (Å²) < 4.78 is 65.7. The Labute approximate surface area is 260 Å². The second-order valence-electron chi connectivity index (χ2n) is 10.9. The molecular weight excluding hydrogens is 610 g/mol. The molecule has 0 amide bonds. The zero-order valence-corrected chi connectivity index (χ0v) is 26.1. The number of nitrogens with zero attached hydrogens (tertiary/aromatic N) is 2. The molecule has 2 N–H and O–H groups in total. The van der Waals surface area contributed by atoms with Crippen LogP contribution in [0.25, 0.3) is 10.9 Å². The number of anilines is 2. The third kappa shape index (κ3) is 6.80. The van der Waals surface area contributed by atoms with Crippen LogP contribution in [0.3, 0.4) is 0 Å². The van der Waals surface area contributed by atoms with Gasteiger partial charge in [0.2, 0.25) is 0 Å². The average Bonchev–Trinajstić information content (AvgIpc) is 3.47. The number of hydrogen-bond donors (Lipinski definition) is 2. The molecule has 0 fully saturated rings. The molecule has 2 atom stereocenters. The van der Waals surface area contributed by atoms with Crippen molar-refractivity contribution in [1.29, 1.82) is 0 Å². The molecule has 4 aromatic rings. The predicted molar refractivity (Wildman–Crippen MR) is 168 cm³/mol. The number of ether oxygens (including phenoxy) is 2. The Kier molecular flexibility index (Phi) is 9.38. The molecule has 12 heteroatoms. The minimum absolute atomic E-state index is 0.0438. The van der Waals surface area contributed by atoms with Crippen LogP contribution in [0.1, 0.15) is 38.3 Å². The van der Waals surface area contributed by atoms with Gasteiger partial charge in [0.15, 0.2) is 15.4 Å². The Morgan fingerprint density at radius 2 is 1.91 bits per heavy atom. The van der Waals surface area contributed by atoms with Gasteiger partial charge in [-0.15, -0.1) is 0 Å². The lowest BCUT2D eigenvalue weighted by Crippen LogP contribution is -2.48. The maximum absolute atomic E-state index is 15.7. The third-order valence-electron chi connectivity index (χ3n) is 7.71. The van der Waals surface area contributed by atoms with Crippen molar-refractivity contribution < 1.29 is 26.7 Å². The summed E-state index contributed by atoms with van der Waals surface area (Å²) >= 11 is 6.49. The standard InChI is InChI=1S/C32H33ClF2N4O4S/c1-20(2)44(40,41)13-11-36-21(3)32(10-5-12-43-32)26-16-25-29(17-28(26)35)37-19-38-31(25)39-24-8-9-30(27(33)15-24)42-18-22-6-4-7-23(34)14-22/h4-9,12,14-17,19-21,36H,10-11,13,18H2,1-3H3,(H,37,38,39). The van der Waals surface area contributed by atoms with Crippen molar-refractivity contribution in [2.75, 3.05) is 17.6 Å². The van der Waals surface area contributed by atoms with Crippen LogP contribution in [0.4, 0.5) is 20.3 Å². The van der Waals surface area contributed by atoms with Crippen LogP contribution in [-0.2, 0) is 26.8 Å². The molecule has 0 saturated heterocycles. The van der Waals surface area contributed by atoms with Gasteiger partial charge in [0.1, 0.15) is 36.1 Å². The molecule has 1 aliphatic rings. The molecule has 5 rings (SSSR count). The number of aromatic nitrogens is 2. The van der Waals surface area contributed by atoms with Crippen molar-refractivity contribution in [1.82, 2.24) is 15.3 Å². The topological polar surface area (TPSA) is 102 Å². The van der Waals surface area contributed by atoms with Gasteiger partial charge in [0.05, 0.1) is 27.8 Å². The first-order valence-electron chi connectivity index (χ1n) is 14.1. The van der Waals surface area contributed by atoms with Gasteiger partial charge in [0.25, 0.3) is 0 Å². The summed E-state index contributed by atoms with van der Waals surface area (Å²) in [6, 6.07) is 13.8. The second kappa shape index (κ2) is 13.1. The molecule has 232 valence electrons. The largest absolute Gasteiger partial charge is 0.488 e. The van der Waals surface area contributed by atoms with Crippen LogP contribution in [0, 0.1) is 11.6 Å². The van der Waals surface area contributed by atoms with E-state index >= 15 is 4.39 Å². The van der Waals surface area contributed by atoms with Crippen LogP contribution >= 0.6 is 11.6 Å². The monoisotopic (exact) mass is 642 g/mol. The van der Waals surface area contributed by atoms with Gasteiger partial charge in [-0.05, 0) is 68.8 Å². The normalized spacial score (nSPS) is 17.2. The highest BCUT2D eigenvalue weighted by Crippen LogP contribution is 2.41. The van der Waals surface area contributed by atoms with Crippen LogP contribution in [0.5, 0.6) is 5.75 Å². The molecule has 2 unspecified atom stereocenters. The van der Waals surface area contributed by atoms with E-state index in [-0.39, 0.29) is 24.7 Å². The van der Waals surface area contributed by atoms with Gasteiger partial charge in [-0.2, -0.15) is 0 Å². The highest BCUT2D eigenvalue weighted by Gasteiger charge is 2.43. The Hall–Kier alpha value is -3.80. The van der Waals surface area contributed by atoms with Crippen LogP contribution in [0.2, 0.25) is 5.02 Å². The summed E-state index contributed by atoms with van der Waals surface area (Å²) in [6.07, 6.45) is 5.06. The first-order chi connectivity index (χ1) is 21.0. The maximum atomic E-state index is 15.7. The lowest BCUT2D eigenvalue weighted by atomic mass is 9.83. The van der Waals surface area contributed by atoms with E-state index in [1.807, 2.05) is 13.0 Å². The van der Waals surface area contributed by atoms with Crippen LogP contribution in [0.15, 0.2) is 73.3 Å². The lowest BCUT2D eigenvalue weighted by molar-refractivity contribution is 0.00584. The first kappa shape index (κ1) is 31.6. The van der Waals surface area contributed by atoms with E-state index in [1.165, 1.54) is 30.8 Å². The third-order valence-corrected chi connectivity index (χ3v) is 10.2. The number of nitrogens with one attached hydrogen (secondary N) is 2. The van der Waals surface area contributed by atoms with Crippen molar-refractivity contribution >= 4 is 43.8 Å². The predicted octanol–water partition coefficient (Wildman–Crippen LogP) is 6.81. The van der Waals surface area contributed by atoms with Crippen molar-refractivity contribution in [3.05, 3.63) is 101 Å².